The topological polar surface area (TPSA) is 32.6 Å². The largest absolute Gasteiger partial charge is 0.494 e. The Bertz CT molecular complexity index is 1200. The van der Waals surface area contributed by atoms with Crippen LogP contribution in [0, 0.1) is 0 Å². The molecule has 2 aromatic carbocycles. The third-order valence-electron chi connectivity index (χ3n) is 6.95. The van der Waals surface area contributed by atoms with E-state index >= 15 is 0 Å². The van der Waals surface area contributed by atoms with Gasteiger partial charge in [0.15, 0.2) is 0 Å². The van der Waals surface area contributed by atoms with Crippen molar-refractivity contribution in [3.63, 3.8) is 0 Å². The highest BCUT2D eigenvalue weighted by atomic mass is 16.7. The van der Waals surface area contributed by atoms with Gasteiger partial charge in [0.25, 0.3) is 0 Å². The molecule has 0 saturated carbocycles. The maximum Gasteiger partial charge on any atom is 0.494 e. The van der Waals surface area contributed by atoms with Gasteiger partial charge in [-0.3, -0.25) is 0 Å². The van der Waals surface area contributed by atoms with E-state index in [1.54, 1.807) is 0 Å². The van der Waals surface area contributed by atoms with Gasteiger partial charge in [-0.1, -0.05) is 42.5 Å². The molecule has 1 aliphatic carbocycles. The van der Waals surface area contributed by atoms with E-state index in [0.717, 1.165) is 16.7 Å². The first kappa shape index (κ1) is 17.4. The van der Waals surface area contributed by atoms with Gasteiger partial charge in [0.05, 0.1) is 22.8 Å². The van der Waals surface area contributed by atoms with Gasteiger partial charge >= 0.3 is 7.12 Å². The second-order valence-electron chi connectivity index (χ2n) is 9.23. The Labute approximate surface area is 170 Å². The highest BCUT2D eigenvalue weighted by molar-refractivity contribution is 6.62. The molecule has 4 nitrogen and oxygen atoms in total. The second kappa shape index (κ2) is 5.56. The number of aromatic nitrogens is 1. The van der Waals surface area contributed by atoms with Gasteiger partial charge in [0, 0.05) is 16.3 Å². The number of rotatable bonds is 1. The highest BCUT2D eigenvalue weighted by Crippen LogP contribution is 2.43. The summed E-state index contributed by atoms with van der Waals surface area (Å²) in [7, 11) is -0.363. The molecule has 5 heteroatoms. The maximum atomic E-state index is 6.31. The van der Waals surface area contributed by atoms with Crippen LogP contribution >= 0.6 is 0 Å². The lowest BCUT2D eigenvalue weighted by Gasteiger charge is -2.32. The molecule has 1 fully saturated rings. The Kier molecular flexibility index (Phi) is 3.33. The van der Waals surface area contributed by atoms with Crippen LogP contribution in [0.3, 0.4) is 0 Å². The van der Waals surface area contributed by atoms with Crippen molar-refractivity contribution in [2.75, 3.05) is 0 Å². The maximum absolute atomic E-state index is 6.31. The summed E-state index contributed by atoms with van der Waals surface area (Å²) in [5.41, 5.74) is 2.73. The third kappa shape index (κ3) is 2.29. The van der Waals surface area contributed by atoms with Crippen molar-refractivity contribution in [3.05, 3.63) is 60.7 Å². The number of benzene rings is 2. The van der Waals surface area contributed by atoms with Gasteiger partial charge in [0.1, 0.15) is 11.9 Å². The number of fused-ring (bicyclic) bond motifs is 5. The summed E-state index contributed by atoms with van der Waals surface area (Å²) in [4.78, 5) is 0. The molecule has 0 spiro atoms. The summed E-state index contributed by atoms with van der Waals surface area (Å²) in [5.74, 6) is 0.942. The first-order valence-electron chi connectivity index (χ1n) is 10.3. The standard InChI is InChI=1S/C24H24BNO3/c1-23(2)24(3,4)29-25(28-23)15-12-13-18-17(14-15)16-8-7-11-21-22(16)26(18)19-9-5-6-10-20(19)27-21/h5-14,19-20H,1-4H3. The molecular formula is C24H24BNO3. The first-order valence-corrected chi connectivity index (χ1v) is 10.3. The van der Waals surface area contributed by atoms with Crippen molar-refractivity contribution in [2.45, 2.75) is 51.0 Å². The molecule has 2 atom stereocenters. The summed E-state index contributed by atoms with van der Waals surface area (Å²) >= 11 is 0. The van der Waals surface area contributed by atoms with Gasteiger partial charge in [-0.15, -0.1) is 0 Å². The molecule has 29 heavy (non-hydrogen) atoms. The molecule has 0 N–H and O–H groups in total. The van der Waals surface area contributed by atoms with Gasteiger partial charge in [0.2, 0.25) is 0 Å². The molecule has 0 amide bonds. The Balaban J connectivity index is 1.55. The fourth-order valence-corrected chi connectivity index (χ4v) is 4.68. The van der Waals surface area contributed by atoms with Crippen LogP contribution in [0.2, 0.25) is 0 Å². The fraction of sp³-hybridized carbons (Fsp3) is 0.333. The van der Waals surface area contributed by atoms with Gasteiger partial charge in [-0.25, -0.2) is 0 Å². The summed E-state index contributed by atoms with van der Waals surface area (Å²) in [6.07, 6.45) is 8.55. The summed E-state index contributed by atoms with van der Waals surface area (Å²) in [6.45, 7) is 8.36. The summed E-state index contributed by atoms with van der Waals surface area (Å²) in [5, 5.41) is 2.42. The van der Waals surface area contributed by atoms with Crippen LogP contribution in [-0.4, -0.2) is 29.0 Å². The molecule has 3 heterocycles. The van der Waals surface area contributed by atoms with E-state index in [4.69, 9.17) is 14.0 Å². The van der Waals surface area contributed by atoms with Crippen LogP contribution < -0.4 is 10.2 Å². The van der Waals surface area contributed by atoms with E-state index in [1.165, 1.54) is 16.3 Å². The van der Waals surface area contributed by atoms with Crippen molar-refractivity contribution in [2.24, 2.45) is 0 Å². The second-order valence-corrected chi connectivity index (χ2v) is 9.23. The molecule has 1 aromatic heterocycles. The monoisotopic (exact) mass is 385 g/mol. The minimum atomic E-state index is -0.363. The molecule has 2 aliphatic heterocycles. The lowest BCUT2D eigenvalue weighted by molar-refractivity contribution is 0.00578. The normalized spacial score (nSPS) is 26.1. The van der Waals surface area contributed by atoms with Crippen LogP contribution in [0.25, 0.3) is 21.8 Å². The molecule has 2 unspecified atom stereocenters. The van der Waals surface area contributed by atoms with E-state index in [1.807, 2.05) is 0 Å². The molecule has 0 bridgehead atoms. The van der Waals surface area contributed by atoms with Crippen LogP contribution in [0.5, 0.6) is 5.75 Å². The van der Waals surface area contributed by atoms with Crippen LogP contribution in [0.4, 0.5) is 0 Å². The number of ether oxygens (including phenoxy) is 1. The predicted octanol–water partition coefficient (Wildman–Crippen LogP) is 4.52. The molecule has 1 saturated heterocycles. The first-order chi connectivity index (χ1) is 13.9. The van der Waals surface area contributed by atoms with Crippen LogP contribution in [-0.2, 0) is 9.31 Å². The zero-order chi connectivity index (χ0) is 20.0. The fourth-order valence-electron chi connectivity index (χ4n) is 4.68. The van der Waals surface area contributed by atoms with Crippen LogP contribution in [0.15, 0.2) is 60.7 Å². The number of hydrogen-bond donors (Lipinski definition) is 0. The number of nitrogens with zero attached hydrogens (tertiary/aromatic N) is 1. The van der Waals surface area contributed by atoms with Gasteiger partial charge < -0.3 is 18.6 Å². The van der Waals surface area contributed by atoms with E-state index < -0.39 is 0 Å². The summed E-state index contributed by atoms with van der Waals surface area (Å²) < 4.78 is 21.3. The van der Waals surface area contributed by atoms with Crippen LogP contribution in [0.1, 0.15) is 33.7 Å². The van der Waals surface area contributed by atoms with E-state index in [0.29, 0.717) is 0 Å². The Hall–Kier alpha value is -2.50. The predicted molar refractivity (Wildman–Crippen MR) is 117 cm³/mol. The van der Waals surface area contributed by atoms with Gasteiger partial charge in [-0.2, -0.15) is 0 Å². The Morgan fingerprint density at radius 1 is 0.897 bits per heavy atom. The highest BCUT2D eigenvalue weighted by Gasteiger charge is 2.51. The summed E-state index contributed by atoms with van der Waals surface area (Å²) in [6, 6.07) is 13.0. The quantitative estimate of drug-likeness (QED) is 0.578. The van der Waals surface area contributed by atoms with E-state index in [-0.39, 0.29) is 30.5 Å². The van der Waals surface area contributed by atoms with Crippen molar-refractivity contribution < 1.29 is 14.0 Å². The number of para-hydroxylation sites is 1. The Morgan fingerprint density at radius 3 is 2.45 bits per heavy atom. The number of allylic oxidation sites excluding steroid dienone is 2. The van der Waals surface area contributed by atoms with Crippen molar-refractivity contribution in [3.8, 4) is 5.75 Å². The minimum absolute atomic E-state index is 0.0245. The average Bonchev–Trinajstić information content (AvgIpc) is 3.14. The molecule has 146 valence electrons. The minimum Gasteiger partial charge on any atom is -0.482 e. The zero-order valence-corrected chi connectivity index (χ0v) is 17.2. The van der Waals surface area contributed by atoms with Gasteiger partial charge in [-0.05, 0) is 51.4 Å². The molecule has 3 aromatic rings. The molecule has 0 radical (unpaired) electrons. The average molecular weight is 385 g/mol. The van der Waals surface area contributed by atoms with Crippen molar-refractivity contribution in [1.82, 2.24) is 4.57 Å². The third-order valence-corrected chi connectivity index (χ3v) is 6.95. The lowest BCUT2D eigenvalue weighted by Crippen LogP contribution is -2.41. The lowest BCUT2D eigenvalue weighted by atomic mass is 9.78. The smallest absolute Gasteiger partial charge is 0.482 e. The molecule has 6 rings (SSSR count). The number of hydrogen-bond acceptors (Lipinski definition) is 3. The van der Waals surface area contributed by atoms with E-state index in [2.05, 4.69) is 93.0 Å². The molecule has 3 aliphatic rings. The van der Waals surface area contributed by atoms with Crippen molar-refractivity contribution in [1.29, 1.82) is 0 Å². The Morgan fingerprint density at radius 2 is 1.66 bits per heavy atom. The van der Waals surface area contributed by atoms with E-state index in [9.17, 15) is 0 Å². The van der Waals surface area contributed by atoms with Crippen molar-refractivity contribution >= 4 is 34.4 Å². The SMILES string of the molecule is CC1(C)OB(c2ccc3c(c2)c2cccc4c2n3C2C=CC=CC2O4)OC1(C)C. The molecular weight excluding hydrogens is 361 g/mol. The zero-order valence-electron chi connectivity index (χ0n) is 17.2.